The summed E-state index contributed by atoms with van der Waals surface area (Å²) >= 11 is 0. The van der Waals surface area contributed by atoms with Crippen molar-refractivity contribution in [2.24, 2.45) is 5.41 Å². The average Bonchev–Trinajstić information content (AvgIpc) is 2.36. The number of nitrogens with one attached hydrogen (secondary N) is 2. The van der Waals surface area contributed by atoms with E-state index in [9.17, 15) is 0 Å². The zero-order valence-electron chi connectivity index (χ0n) is 12.6. The topological polar surface area (TPSA) is 49.8 Å². The Balaban J connectivity index is 2.15. The van der Waals surface area contributed by atoms with Crippen LogP contribution in [-0.4, -0.2) is 22.6 Å². The number of aryl methyl sites for hydroxylation is 1. The Morgan fingerprint density at radius 2 is 2.16 bits per heavy atom. The van der Waals surface area contributed by atoms with Gasteiger partial charge in [0.15, 0.2) is 0 Å². The molecule has 2 N–H and O–H groups in total. The van der Waals surface area contributed by atoms with Gasteiger partial charge in [0.2, 0.25) is 5.95 Å². The molecule has 1 aromatic heterocycles. The first-order valence-corrected chi connectivity index (χ1v) is 7.37. The third-order valence-electron chi connectivity index (χ3n) is 4.12. The summed E-state index contributed by atoms with van der Waals surface area (Å²) in [6, 6.07) is 0.504. The summed E-state index contributed by atoms with van der Waals surface area (Å²) < 4.78 is 0. The van der Waals surface area contributed by atoms with E-state index in [1.165, 1.54) is 25.7 Å². The van der Waals surface area contributed by atoms with E-state index in [0.29, 0.717) is 17.4 Å². The van der Waals surface area contributed by atoms with Crippen molar-refractivity contribution in [3.05, 3.63) is 11.8 Å². The van der Waals surface area contributed by atoms with Gasteiger partial charge >= 0.3 is 0 Å². The Kier molecular flexibility index (Phi) is 4.27. The number of aromatic nitrogens is 2. The Bertz CT molecular complexity index is 428. The van der Waals surface area contributed by atoms with Crippen molar-refractivity contribution in [2.75, 3.05) is 17.2 Å². The van der Waals surface area contributed by atoms with Gasteiger partial charge in [0.1, 0.15) is 5.82 Å². The number of hydrogen-bond donors (Lipinski definition) is 2. The zero-order chi connectivity index (χ0) is 13.9. The van der Waals surface area contributed by atoms with Gasteiger partial charge < -0.3 is 10.6 Å². The maximum absolute atomic E-state index is 4.59. The minimum atomic E-state index is 0.341. The lowest BCUT2D eigenvalue weighted by Crippen LogP contribution is -2.39. The fourth-order valence-corrected chi connectivity index (χ4v) is 2.76. The summed E-state index contributed by atoms with van der Waals surface area (Å²) in [5.41, 5.74) is 1.46. The number of rotatable bonds is 4. The van der Waals surface area contributed by atoms with Crippen LogP contribution in [0.3, 0.4) is 0 Å². The fraction of sp³-hybridized carbons (Fsp3) is 0.733. The Morgan fingerprint density at radius 3 is 2.84 bits per heavy atom. The molecule has 1 atom stereocenters. The lowest BCUT2D eigenvalue weighted by molar-refractivity contribution is 0.216. The third kappa shape index (κ3) is 3.37. The highest BCUT2D eigenvalue weighted by molar-refractivity contribution is 5.47. The molecule has 0 aliphatic heterocycles. The van der Waals surface area contributed by atoms with E-state index >= 15 is 0 Å². The Morgan fingerprint density at radius 1 is 1.37 bits per heavy atom. The maximum atomic E-state index is 4.59. The highest BCUT2D eigenvalue weighted by Gasteiger charge is 2.32. The van der Waals surface area contributed by atoms with Gasteiger partial charge in [-0.3, -0.25) is 0 Å². The van der Waals surface area contributed by atoms with Crippen molar-refractivity contribution in [3.63, 3.8) is 0 Å². The molecule has 1 aliphatic rings. The molecule has 0 radical (unpaired) electrons. The molecule has 0 spiro atoms. The molecule has 1 heterocycles. The van der Waals surface area contributed by atoms with Crippen LogP contribution in [0.15, 0.2) is 6.20 Å². The SMILES string of the molecule is CCNc1ncc(C)c(NC2CCCCC2(C)C)n1. The van der Waals surface area contributed by atoms with Crippen molar-refractivity contribution >= 4 is 11.8 Å². The molecule has 1 aromatic rings. The molecule has 0 amide bonds. The van der Waals surface area contributed by atoms with E-state index < -0.39 is 0 Å². The van der Waals surface area contributed by atoms with Gasteiger partial charge in [-0.25, -0.2) is 4.98 Å². The first-order chi connectivity index (χ1) is 9.03. The second kappa shape index (κ2) is 5.76. The van der Waals surface area contributed by atoms with Gasteiger partial charge in [0, 0.05) is 24.3 Å². The molecule has 19 heavy (non-hydrogen) atoms. The normalized spacial score (nSPS) is 22.0. The lowest BCUT2D eigenvalue weighted by atomic mass is 9.73. The van der Waals surface area contributed by atoms with Gasteiger partial charge in [0.25, 0.3) is 0 Å². The standard InChI is InChI=1S/C15H26N4/c1-5-16-14-17-10-11(2)13(19-14)18-12-8-6-7-9-15(12,3)4/h10,12H,5-9H2,1-4H3,(H2,16,17,18,19). The van der Waals surface area contributed by atoms with Crippen LogP contribution in [0.4, 0.5) is 11.8 Å². The molecule has 4 nitrogen and oxygen atoms in total. The predicted octanol–water partition coefficient (Wildman–Crippen LogP) is 3.60. The van der Waals surface area contributed by atoms with Crippen LogP contribution < -0.4 is 10.6 Å². The quantitative estimate of drug-likeness (QED) is 0.870. The summed E-state index contributed by atoms with van der Waals surface area (Å²) in [5.74, 6) is 1.69. The van der Waals surface area contributed by atoms with E-state index in [2.05, 4.69) is 48.3 Å². The van der Waals surface area contributed by atoms with Crippen LogP contribution in [0.1, 0.15) is 52.0 Å². The van der Waals surface area contributed by atoms with Gasteiger partial charge in [-0.05, 0) is 32.1 Å². The van der Waals surface area contributed by atoms with Crippen molar-refractivity contribution < 1.29 is 0 Å². The van der Waals surface area contributed by atoms with E-state index in [-0.39, 0.29) is 0 Å². The second-order valence-electron chi connectivity index (χ2n) is 6.19. The highest BCUT2D eigenvalue weighted by atomic mass is 15.1. The Hall–Kier alpha value is -1.32. The molecule has 106 valence electrons. The molecule has 2 rings (SSSR count). The molecule has 0 saturated heterocycles. The van der Waals surface area contributed by atoms with Crippen LogP contribution in [0, 0.1) is 12.3 Å². The molecule has 4 heteroatoms. The largest absolute Gasteiger partial charge is 0.366 e. The lowest BCUT2D eigenvalue weighted by Gasteiger charge is -2.39. The molecular weight excluding hydrogens is 236 g/mol. The Labute approximate surface area is 116 Å². The second-order valence-corrected chi connectivity index (χ2v) is 6.19. The van der Waals surface area contributed by atoms with E-state index in [1.807, 2.05) is 6.20 Å². The minimum Gasteiger partial charge on any atom is -0.366 e. The molecule has 0 aromatic carbocycles. The van der Waals surface area contributed by atoms with Gasteiger partial charge in [-0.1, -0.05) is 26.7 Å². The monoisotopic (exact) mass is 262 g/mol. The summed E-state index contributed by atoms with van der Waals surface area (Å²) in [5, 5.41) is 6.82. The first-order valence-electron chi connectivity index (χ1n) is 7.37. The number of nitrogens with zero attached hydrogens (tertiary/aromatic N) is 2. The van der Waals surface area contributed by atoms with Crippen LogP contribution in [-0.2, 0) is 0 Å². The van der Waals surface area contributed by atoms with Crippen molar-refractivity contribution in [1.82, 2.24) is 9.97 Å². The van der Waals surface area contributed by atoms with Crippen LogP contribution in [0.2, 0.25) is 0 Å². The van der Waals surface area contributed by atoms with E-state index in [4.69, 9.17) is 0 Å². The molecule has 1 fully saturated rings. The predicted molar refractivity (Wildman–Crippen MR) is 80.6 cm³/mol. The summed E-state index contributed by atoms with van der Waals surface area (Å²) in [6.07, 6.45) is 7.06. The van der Waals surface area contributed by atoms with Crippen LogP contribution in [0.25, 0.3) is 0 Å². The number of anilines is 2. The van der Waals surface area contributed by atoms with E-state index in [0.717, 1.165) is 17.9 Å². The maximum Gasteiger partial charge on any atom is 0.224 e. The highest BCUT2D eigenvalue weighted by Crippen LogP contribution is 2.37. The molecule has 1 saturated carbocycles. The van der Waals surface area contributed by atoms with E-state index in [1.54, 1.807) is 0 Å². The fourth-order valence-electron chi connectivity index (χ4n) is 2.76. The molecular formula is C15H26N4. The number of hydrogen-bond acceptors (Lipinski definition) is 4. The van der Waals surface area contributed by atoms with Crippen molar-refractivity contribution in [1.29, 1.82) is 0 Å². The molecule has 1 aliphatic carbocycles. The minimum absolute atomic E-state index is 0.341. The average molecular weight is 262 g/mol. The smallest absolute Gasteiger partial charge is 0.224 e. The summed E-state index contributed by atoms with van der Waals surface area (Å²) in [6.45, 7) is 9.67. The molecule has 1 unspecified atom stereocenters. The van der Waals surface area contributed by atoms with Gasteiger partial charge in [-0.15, -0.1) is 0 Å². The van der Waals surface area contributed by atoms with Crippen molar-refractivity contribution in [2.45, 2.75) is 59.4 Å². The summed E-state index contributed by atoms with van der Waals surface area (Å²) in [4.78, 5) is 8.88. The molecule has 0 bridgehead atoms. The summed E-state index contributed by atoms with van der Waals surface area (Å²) in [7, 11) is 0. The third-order valence-corrected chi connectivity index (χ3v) is 4.12. The van der Waals surface area contributed by atoms with Crippen molar-refractivity contribution in [3.8, 4) is 0 Å². The van der Waals surface area contributed by atoms with Gasteiger partial charge in [0.05, 0.1) is 0 Å². The van der Waals surface area contributed by atoms with Crippen LogP contribution >= 0.6 is 0 Å². The first kappa shape index (κ1) is 14.1. The van der Waals surface area contributed by atoms with Gasteiger partial charge in [-0.2, -0.15) is 4.98 Å². The van der Waals surface area contributed by atoms with Crippen LogP contribution in [0.5, 0.6) is 0 Å². The zero-order valence-corrected chi connectivity index (χ0v) is 12.6.